The van der Waals surface area contributed by atoms with Gasteiger partial charge in [-0.1, -0.05) is 89.6 Å². The summed E-state index contributed by atoms with van der Waals surface area (Å²) in [4.78, 5) is 0. The molecule has 37 heavy (non-hydrogen) atoms. The largest absolute Gasteiger partial charge is 4.00 e. The van der Waals surface area contributed by atoms with Crippen LogP contribution in [0, 0.1) is 6.92 Å². The topological polar surface area (TPSA) is 0 Å². The first kappa shape index (κ1) is 33.8. The molecule has 0 aliphatic heterocycles. The van der Waals surface area contributed by atoms with E-state index in [-0.39, 0.29) is 58.9 Å². The van der Waals surface area contributed by atoms with Crippen LogP contribution in [0.2, 0.25) is 0 Å². The first-order valence-electron chi connectivity index (χ1n) is 12.8. The minimum absolute atomic E-state index is 0. The van der Waals surface area contributed by atoms with E-state index in [2.05, 4.69) is 118 Å². The Bertz CT molecular complexity index is 1260. The summed E-state index contributed by atoms with van der Waals surface area (Å²) in [5.41, 5.74) is 3.95. The van der Waals surface area contributed by atoms with E-state index in [1.165, 1.54) is 76.2 Å². The van der Waals surface area contributed by atoms with Gasteiger partial charge in [0, 0.05) is 0 Å². The molecule has 0 unspecified atom stereocenters. The molecule has 5 rings (SSSR count). The first-order chi connectivity index (χ1) is 16.7. The van der Waals surface area contributed by atoms with Crippen molar-refractivity contribution in [2.75, 3.05) is 12.3 Å². The maximum atomic E-state index is 2.44. The molecule has 0 amide bonds. The van der Waals surface area contributed by atoms with E-state index >= 15 is 0 Å². The Morgan fingerprint density at radius 1 is 0.676 bits per heavy atom. The molecule has 0 fully saturated rings. The van der Waals surface area contributed by atoms with Gasteiger partial charge in [-0.25, -0.2) is 0 Å². The number of hydrogen-bond donors (Lipinski definition) is 0. The molecular weight excluding hydrogens is 589 g/mol. The molecule has 4 heteroatoms. The van der Waals surface area contributed by atoms with Crippen molar-refractivity contribution in [2.45, 2.75) is 46.5 Å². The molecule has 0 atom stereocenters. The zero-order chi connectivity index (χ0) is 23.8. The minimum atomic E-state index is 0. The summed E-state index contributed by atoms with van der Waals surface area (Å²) in [7, 11) is 0.0856. The number of halogens is 2. The fraction of sp³-hybridized carbons (Fsp3) is 0.273. The number of unbranched alkanes of at least 4 members (excludes halogenated alkanes) is 2. The van der Waals surface area contributed by atoms with Crippen LogP contribution in [0.15, 0.2) is 97.1 Å². The fourth-order valence-corrected chi connectivity index (χ4v) is 7.42. The van der Waals surface area contributed by atoms with Crippen molar-refractivity contribution < 1.29 is 51.0 Å². The van der Waals surface area contributed by atoms with E-state index in [0.29, 0.717) is 0 Å². The van der Waals surface area contributed by atoms with Gasteiger partial charge in [-0.05, 0) is 30.7 Å². The van der Waals surface area contributed by atoms with Crippen LogP contribution < -0.4 is 30.1 Å². The second kappa shape index (κ2) is 17.4. The predicted octanol–water partition coefficient (Wildman–Crippen LogP) is 3.81. The van der Waals surface area contributed by atoms with Crippen LogP contribution in [-0.2, 0) is 26.2 Å². The van der Waals surface area contributed by atoms with Crippen LogP contribution in [0.25, 0.3) is 32.7 Å². The van der Waals surface area contributed by atoms with E-state index in [1.54, 1.807) is 5.30 Å². The predicted molar refractivity (Wildman–Crippen MR) is 155 cm³/mol. The van der Waals surface area contributed by atoms with Gasteiger partial charge in [0.25, 0.3) is 0 Å². The minimum Gasteiger partial charge on any atom is -1.00 e. The molecule has 0 heterocycles. The zero-order valence-electron chi connectivity index (χ0n) is 22.2. The van der Waals surface area contributed by atoms with Crippen LogP contribution in [-0.4, -0.2) is 12.3 Å². The molecule has 192 valence electrons. The van der Waals surface area contributed by atoms with E-state index in [1.807, 2.05) is 0 Å². The third-order valence-electron chi connectivity index (χ3n) is 6.51. The number of fused-ring (bicyclic) bond motifs is 2. The molecule has 5 aromatic rings. The van der Waals surface area contributed by atoms with Gasteiger partial charge in [-0.2, -0.15) is 12.1 Å². The van der Waals surface area contributed by atoms with E-state index < -0.39 is 0 Å². The molecule has 0 saturated heterocycles. The molecule has 0 N–H and O–H groups in total. The maximum Gasteiger partial charge on any atom is 4.00 e. The van der Waals surface area contributed by atoms with Crippen molar-refractivity contribution in [1.82, 2.24) is 0 Å². The second-order valence-electron chi connectivity index (χ2n) is 9.24. The molecule has 0 aliphatic carbocycles. The average Bonchev–Trinajstić information content (AvgIpc) is 3.47. The van der Waals surface area contributed by atoms with E-state index in [4.69, 9.17) is 0 Å². The molecule has 0 nitrogen and oxygen atoms in total. The van der Waals surface area contributed by atoms with E-state index in [9.17, 15) is 0 Å². The van der Waals surface area contributed by atoms with Crippen LogP contribution in [0.3, 0.4) is 0 Å². The van der Waals surface area contributed by atoms with Crippen molar-refractivity contribution in [1.29, 1.82) is 0 Å². The van der Waals surface area contributed by atoms with Gasteiger partial charge in [-0.3, -0.25) is 0 Å². The maximum absolute atomic E-state index is 2.44. The number of hydrogen-bond acceptors (Lipinski definition) is 0. The summed E-state index contributed by atoms with van der Waals surface area (Å²) in [6.07, 6.45) is 8.26. The van der Waals surface area contributed by atoms with Gasteiger partial charge in [0.05, 0.1) is 0 Å². The Morgan fingerprint density at radius 3 is 1.95 bits per heavy atom. The van der Waals surface area contributed by atoms with Crippen LogP contribution in [0.1, 0.15) is 45.1 Å². The number of rotatable bonds is 8. The van der Waals surface area contributed by atoms with Crippen molar-refractivity contribution in [3.05, 3.63) is 103 Å². The normalized spacial score (nSPS) is 10.3. The number of benzene rings is 3. The summed E-state index contributed by atoms with van der Waals surface area (Å²) in [6.45, 7) is 6.75. The smallest absolute Gasteiger partial charge is 1.00 e. The van der Waals surface area contributed by atoms with Crippen molar-refractivity contribution in [2.24, 2.45) is 0 Å². The summed E-state index contributed by atoms with van der Waals surface area (Å²) < 4.78 is 0. The second-order valence-corrected chi connectivity index (χ2v) is 11.7. The van der Waals surface area contributed by atoms with Gasteiger partial charge in [0.15, 0.2) is 0 Å². The summed E-state index contributed by atoms with van der Waals surface area (Å²) in [6, 6.07) is 35.2. The quantitative estimate of drug-likeness (QED) is 0.182. The molecular formula is C33H37Cl2PZr. The molecule has 0 aliphatic rings. The monoisotopic (exact) mass is 624 g/mol. The van der Waals surface area contributed by atoms with Gasteiger partial charge < -0.3 is 24.8 Å². The Kier molecular flexibility index (Phi) is 15.9. The molecule has 0 saturated carbocycles. The third kappa shape index (κ3) is 9.18. The SMILES string of the molecule is CCCCP(CCCC)c1cc2ccccc2[cH-]1.Cc1cc2c(-c3ccccc3)cccc2[cH-]1.[Cl-].[Cl-].[Zr+4]. The van der Waals surface area contributed by atoms with Crippen LogP contribution >= 0.6 is 7.92 Å². The van der Waals surface area contributed by atoms with Crippen molar-refractivity contribution in [3.63, 3.8) is 0 Å². The fourth-order valence-electron chi connectivity index (χ4n) is 4.64. The van der Waals surface area contributed by atoms with Gasteiger partial charge >= 0.3 is 26.2 Å². The Balaban J connectivity index is 0.000000344. The van der Waals surface area contributed by atoms with Gasteiger partial charge in [0.2, 0.25) is 0 Å². The van der Waals surface area contributed by atoms with Crippen molar-refractivity contribution in [3.8, 4) is 11.1 Å². The Morgan fingerprint density at radius 2 is 1.30 bits per heavy atom. The van der Waals surface area contributed by atoms with Gasteiger partial charge in [0.1, 0.15) is 0 Å². The average molecular weight is 627 g/mol. The Hall–Kier alpha value is -1.23. The zero-order valence-corrected chi connectivity index (χ0v) is 27.0. The molecule has 0 radical (unpaired) electrons. The third-order valence-corrected chi connectivity index (χ3v) is 9.21. The molecule has 0 aromatic heterocycles. The summed E-state index contributed by atoms with van der Waals surface area (Å²) >= 11 is 0. The molecule has 5 aromatic carbocycles. The van der Waals surface area contributed by atoms with Gasteiger partial charge in [-0.15, -0.1) is 74.9 Å². The van der Waals surface area contributed by atoms with Crippen molar-refractivity contribution >= 4 is 34.8 Å². The van der Waals surface area contributed by atoms with Crippen LogP contribution in [0.4, 0.5) is 0 Å². The Labute approximate surface area is 256 Å². The van der Waals surface area contributed by atoms with E-state index in [0.717, 1.165) is 0 Å². The first-order valence-corrected chi connectivity index (χ1v) is 14.5. The standard InChI is InChI=1S/C17H24P.C16H13.2ClH.Zr/c1-3-5-11-18(12-6-4-2)17-13-15-9-7-8-10-16(15)14-17;1-12-10-14-8-5-9-15(16(14)11-12)13-6-3-2-4-7-13;;;/h7-10,13-14H,3-6,11-12H2,1-2H3;2-11H,1H3;2*1H;/q2*-1;;;+4/p-2. The summed E-state index contributed by atoms with van der Waals surface area (Å²) in [5.74, 6) is 0. The summed E-state index contributed by atoms with van der Waals surface area (Å²) in [5, 5.41) is 7.17. The van der Waals surface area contributed by atoms with Crippen LogP contribution in [0.5, 0.6) is 0 Å². The molecule has 0 spiro atoms. The number of aryl methyl sites for hydroxylation is 1. The molecule has 0 bridgehead atoms.